The highest BCUT2D eigenvalue weighted by Crippen LogP contribution is 2.30. The summed E-state index contributed by atoms with van der Waals surface area (Å²) in [4.78, 5) is 11.1. The fraction of sp³-hybridized carbons (Fsp3) is 0.389. The average molecular weight is 371 g/mol. The molecule has 9 heteroatoms. The van der Waals surface area contributed by atoms with Gasteiger partial charge in [-0.2, -0.15) is 4.98 Å². The van der Waals surface area contributed by atoms with Gasteiger partial charge in [-0.25, -0.2) is 9.50 Å². The second-order valence-corrected chi connectivity index (χ2v) is 6.40. The van der Waals surface area contributed by atoms with Gasteiger partial charge >= 0.3 is 0 Å². The number of nitrogens with two attached hydrogens (primary N) is 1. The summed E-state index contributed by atoms with van der Waals surface area (Å²) in [6.45, 7) is 1.74. The van der Waals surface area contributed by atoms with Gasteiger partial charge in [0.15, 0.2) is 11.5 Å². The van der Waals surface area contributed by atoms with E-state index in [1.54, 1.807) is 24.9 Å². The van der Waals surface area contributed by atoms with Crippen LogP contribution in [-0.4, -0.2) is 65.9 Å². The smallest absolute Gasteiger partial charge is 0.240 e. The molecule has 9 nitrogen and oxygen atoms in total. The van der Waals surface area contributed by atoms with Crippen molar-refractivity contribution in [2.24, 2.45) is 0 Å². The Kier molecular flexibility index (Phi) is 5.60. The van der Waals surface area contributed by atoms with Gasteiger partial charge in [-0.15, -0.1) is 5.10 Å². The summed E-state index contributed by atoms with van der Waals surface area (Å²) < 4.78 is 12.4. The molecule has 0 amide bonds. The zero-order valence-electron chi connectivity index (χ0n) is 16.1. The van der Waals surface area contributed by atoms with Gasteiger partial charge in [-0.05, 0) is 39.2 Å². The van der Waals surface area contributed by atoms with Crippen LogP contribution in [0.2, 0.25) is 0 Å². The number of nitrogens with zero attached hydrogens (tertiary/aromatic N) is 5. The van der Waals surface area contributed by atoms with E-state index in [9.17, 15) is 0 Å². The van der Waals surface area contributed by atoms with Crippen LogP contribution in [0.1, 0.15) is 6.42 Å². The first-order valence-corrected chi connectivity index (χ1v) is 8.65. The second-order valence-electron chi connectivity index (χ2n) is 6.40. The highest BCUT2D eigenvalue weighted by Gasteiger charge is 2.13. The molecule has 0 unspecified atom stereocenters. The quantitative estimate of drug-likeness (QED) is 0.578. The van der Waals surface area contributed by atoms with E-state index in [0.29, 0.717) is 28.7 Å². The van der Waals surface area contributed by atoms with Crippen molar-refractivity contribution in [1.82, 2.24) is 24.5 Å². The molecular weight excluding hydrogens is 346 g/mol. The number of benzene rings is 1. The Hall–Kier alpha value is -3.07. The van der Waals surface area contributed by atoms with Crippen molar-refractivity contribution in [3.63, 3.8) is 0 Å². The van der Waals surface area contributed by atoms with E-state index in [1.807, 2.05) is 32.3 Å². The van der Waals surface area contributed by atoms with E-state index in [2.05, 4.69) is 20.3 Å². The molecule has 27 heavy (non-hydrogen) atoms. The lowest BCUT2D eigenvalue weighted by molar-refractivity contribution is 0.394. The summed E-state index contributed by atoms with van der Waals surface area (Å²) >= 11 is 0. The third kappa shape index (κ3) is 4.37. The standard InChI is InChI=1S/C18H25N7O2/c1-24(2)7-5-6-20-16-17-22-18(19)23-25(17)11-15(21-16)12-8-13(26-3)10-14(9-12)27-4/h8-11H,5-7H2,1-4H3,(H2,19,23)(H,20,21). The Morgan fingerprint density at radius 1 is 1.11 bits per heavy atom. The Labute approximate surface area is 158 Å². The predicted molar refractivity (Wildman–Crippen MR) is 105 cm³/mol. The maximum Gasteiger partial charge on any atom is 0.240 e. The minimum absolute atomic E-state index is 0.202. The summed E-state index contributed by atoms with van der Waals surface area (Å²) in [5, 5.41) is 7.58. The minimum Gasteiger partial charge on any atom is -0.497 e. The Balaban J connectivity index is 1.99. The Morgan fingerprint density at radius 3 is 2.44 bits per heavy atom. The number of hydrogen-bond acceptors (Lipinski definition) is 8. The number of methoxy groups -OCH3 is 2. The molecule has 0 aliphatic heterocycles. The molecule has 2 aromatic heterocycles. The zero-order valence-corrected chi connectivity index (χ0v) is 16.1. The van der Waals surface area contributed by atoms with Crippen LogP contribution in [0.5, 0.6) is 11.5 Å². The normalized spacial score (nSPS) is 11.1. The van der Waals surface area contributed by atoms with Gasteiger partial charge in [0.05, 0.1) is 26.1 Å². The zero-order chi connectivity index (χ0) is 19.4. The summed E-state index contributed by atoms with van der Waals surface area (Å²) in [6.07, 6.45) is 2.76. The molecule has 0 atom stereocenters. The molecule has 0 aliphatic carbocycles. The fourth-order valence-corrected chi connectivity index (χ4v) is 2.72. The number of hydrogen-bond donors (Lipinski definition) is 2. The highest BCUT2D eigenvalue weighted by molar-refractivity contribution is 5.71. The first-order valence-electron chi connectivity index (χ1n) is 8.65. The summed E-state index contributed by atoms with van der Waals surface area (Å²) in [6, 6.07) is 5.61. The summed E-state index contributed by atoms with van der Waals surface area (Å²) in [5.41, 5.74) is 7.94. The lowest BCUT2D eigenvalue weighted by Gasteiger charge is -2.12. The number of anilines is 2. The first kappa shape index (κ1) is 18.7. The van der Waals surface area contributed by atoms with E-state index in [-0.39, 0.29) is 5.95 Å². The lowest BCUT2D eigenvalue weighted by Crippen LogP contribution is -2.17. The Morgan fingerprint density at radius 2 is 1.81 bits per heavy atom. The van der Waals surface area contributed by atoms with Crippen molar-refractivity contribution >= 4 is 17.4 Å². The molecule has 1 aromatic carbocycles. The number of rotatable bonds is 8. The van der Waals surface area contributed by atoms with E-state index >= 15 is 0 Å². The van der Waals surface area contributed by atoms with E-state index in [1.165, 1.54) is 0 Å². The van der Waals surface area contributed by atoms with Gasteiger partial charge in [0.25, 0.3) is 0 Å². The molecule has 3 aromatic rings. The molecular formula is C18H25N7O2. The van der Waals surface area contributed by atoms with Gasteiger partial charge in [-0.3, -0.25) is 0 Å². The Bertz CT molecular complexity index is 901. The number of ether oxygens (including phenoxy) is 2. The van der Waals surface area contributed by atoms with E-state index < -0.39 is 0 Å². The topological polar surface area (TPSA) is 103 Å². The third-order valence-electron chi connectivity index (χ3n) is 4.06. The molecule has 0 spiro atoms. The molecule has 0 fully saturated rings. The van der Waals surface area contributed by atoms with Crippen LogP contribution in [-0.2, 0) is 0 Å². The van der Waals surface area contributed by atoms with Gasteiger partial charge < -0.3 is 25.4 Å². The fourth-order valence-electron chi connectivity index (χ4n) is 2.72. The number of nitrogens with one attached hydrogen (secondary N) is 1. The maximum absolute atomic E-state index is 5.79. The van der Waals surface area contributed by atoms with Gasteiger partial charge in [0.2, 0.25) is 5.95 Å². The molecule has 2 heterocycles. The first-order chi connectivity index (χ1) is 13.0. The van der Waals surface area contributed by atoms with Crippen LogP contribution < -0.4 is 20.5 Å². The number of nitrogen functional groups attached to an aromatic ring is 1. The molecule has 0 saturated carbocycles. The van der Waals surface area contributed by atoms with Crippen LogP contribution in [0.25, 0.3) is 16.9 Å². The van der Waals surface area contributed by atoms with Crippen LogP contribution in [0.3, 0.4) is 0 Å². The van der Waals surface area contributed by atoms with Crippen LogP contribution >= 0.6 is 0 Å². The minimum atomic E-state index is 0.202. The van der Waals surface area contributed by atoms with Crippen molar-refractivity contribution in [3.05, 3.63) is 24.4 Å². The van der Waals surface area contributed by atoms with Gasteiger partial charge in [-0.1, -0.05) is 0 Å². The number of fused-ring (bicyclic) bond motifs is 1. The monoisotopic (exact) mass is 371 g/mol. The largest absolute Gasteiger partial charge is 0.497 e. The van der Waals surface area contributed by atoms with Crippen LogP contribution in [0.4, 0.5) is 11.8 Å². The summed E-state index contributed by atoms with van der Waals surface area (Å²) in [7, 11) is 7.33. The highest BCUT2D eigenvalue weighted by atomic mass is 16.5. The van der Waals surface area contributed by atoms with Crippen LogP contribution in [0, 0.1) is 0 Å². The van der Waals surface area contributed by atoms with Crippen molar-refractivity contribution in [2.75, 3.05) is 52.5 Å². The number of aromatic nitrogens is 4. The molecule has 3 rings (SSSR count). The van der Waals surface area contributed by atoms with E-state index in [0.717, 1.165) is 25.1 Å². The summed E-state index contributed by atoms with van der Waals surface area (Å²) in [5.74, 6) is 2.21. The molecule has 3 N–H and O–H groups in total. The van der Waals surface area contributed by atoms with Crippen molar-refractivity contribution < 1.29 is 9.47 Å². The van der Waals surface area contributed by atoms with Gasteiger partial charge in [0, 0.05) is 18.2 Å². The van der Waals surface area contributed by atoms with Gasteiger partial charge in [0.1, 0.15) is 11.5 Å². The van der Waals surface area contributed by atoms with E-state index in [4.69, 9.17) is 20.2 Å². The van der Waals surface area contributed by atoms with Crippen molar-refractivity contribution in [1.29, 1.82) is 0 Å². The molecule has 0 radical (unpaired) electrons. The molecule has 0 saturated heterocycles. The predicted octanol–water partition coefficient (Wildman–Crippen LogP) is 1.75. The molecule has 0 aliphatic rings. The van der Waals surface area contributed by atoms with Crippen molar-refractivity contribution in [2.45, 2.75) is 6.42 Å². The third-order valence-corrected chi connectivity index (χ3v) is 4.06. The SMILES string of the molecule is COc1cc(OC)cc(-c2cn3nc(N)nc3c(NCCCN(C)C)n2)c1. The lowest BCUT2D eigenvalue weighted by atomic mass is 10.1. The molecule has 0 bridgehead atoms. The van der Waals surface area contributed by atoms with Crippen molar-refractivity contribution in [3.8, 4) is 22.8 Å². The van der Waals surface area contributed by atoms with Crippen LogP contribution in [0.15, 0.2) is 24.4 Å². The average Bonchev–Trinajstić information content (AvgIpc) is 3.04. The maximum atomic E-state index is 5.79. The molecule has 144 valence electrons. The second kappa shape index (κ2) is 8.09.